The lowest BCUT2D eigenvalue weighted by Crippen LogP contribution is -2.44. The summed E-state index contributed by atoms with van der Waals surface area (Å²) in [5.74, 6) is 0.344. The number of hydrogen-bond donors (Lipinski definition) is 1. The van der Waals surface area contributed by atoms with Crippen LogP contribution < -0.4 is 10.1 Å². The Bertz CT molecular complexity index is 935. The van der Waals surface area contributed by atoms with E-state index in [1.165, 1.54) is 0 Å². The molecule has 1 saturated carbocycles. The molecule has 0 spiro atoms. The molecule has 2 aromatic carbocycles. The van der Waals surface area contributed by atoms with Gasteiger partial charge in [0.2, 0.25) is 0 Å². The van der Waals surface area contributed by atoms with Crippen molar-refractivity contribution in [2.45, 2.75) is 37.2 Å². The van der Waals surface area contributed by atoms with Gasteiger partial charge in [0.1, 0.15) is 5.75 Å². The summed E-state index contributed by atoms with van der Waals surface area (Å²) < 4.78 is 33.4. The van der Waals surface area contributed by atoms with Crippen LogP contribution in [0.3, 0.4) is 0 Å². The third-order valence-electron chi connectivity index (χ3n) is 5.53. The molecule has 0 bridgehead atoms. The van der Waals surface area contributed by atoms with Crippen molar-refractivity contribution < 1.29 is 22.1 Å². The molecule has 0 aromatic heterocycles. The van der Waals surface area contributed by atoms with Crippen LogP contribution in [0.25, 0.3) is 0 Å². The number of carbonyl (C=O) groups is 1. The summed E-state index contributed by atoms with van der Waals surface area (Å²) >= 11 is 0. The Hall–Kier alpha value is -2.38. The first kappa shape index (κ1) is 21.3. The predicted molar refractivity (Wildman–Crippen MR) is 112 cm³/mol. The van der Waals surface area contributed by atoms with E-state index in [9.17, 15) is 13.2 Å². The van der Waals surface area contributed by atoms with Gasteiger partial charge in [0.05, 0.1) is 25.0 Å². The van der Waals surface area contributed by atoms with Gasteiger partial charge in [0.25, 0.3) is 16.0 Å². The summed E-state index contributed by atoms with van der Waals surface area (Å²) in [4.78, 5) is 12.8. The molecular weight excluding hydrogens is 390 g/mol. The van der Waals surface area contributed by atoms with E-state index >= 15 is 0 Å². The number of benzene rings is 2. The van der Waals surface area contributed by atoms with Gasteiger partial charge in [0.15, 0.2) is 0 Å². The highest BCUT2D eigenvalue weighted by molar-refractivity contribution is 7.86. The smallest absolute Gasteiger partial charge is 0.264 e. The van der Waals surface area contributed by atoms with Crippen LogP contribution in [0.2, 0.25) is 0 Å². The Labute approximate surface area is 172 Å². The van der Waals surface area contributed by atoms with E-state index in [0.717, 1.165) is 24.7 Å². The average Bonchev–Trinajstić information content (AvgIpc) is 2.73. The summed E-state index contributed by atoms with van der Waals surface area (Å²) in [5.41, 5.74) is 1.36. The lowest BCUT2D eigenvalue weighted by molar-refractivity contribution is 0.0907. The largest absolute Gasteiger partial charge is 0.496 e. The molecule has 1 aliphatic rings. The van der Waals surface area contributed by atoms with Crippen molar-refractivity contribution in [3.63, 3.8) is 0 Å². The van der Waals surface area contributed by atoms with E-state index in [2.05, 4.69) is 17.4 Å². The molecule has 7 heteroatoms. The van der Waals surface area contributed by atoms with Gasteiger partial charge in [-0.3, -0.25) is 8.98 Å². The van der Waals surface area contributed by atoms with Gasteiger partial charge in [-0.05, 0) is 43.4 Å². The quantitative estimate of drug-likeness (QED) is 0.699. The van der Waals surface area contributed by atoms with Crippen molar-refractivity contribution in [3.05, 3.63) is 65.7 Å². The standard InChI is InChI=1S/C22H27NO5S/c1-27-20-11-7-6-10-19(20)21(24)23-16-22(17-8-4-3-5-9-17)14-12-18(13-15-22)28-29(2,25)26/h3-11,18H,12-16H2,1-2H3,(H,23,24). The van der Waals surface area contributed by atoms with Gasteiger partial charge in [-0.15, -0.1) is 0 Å². The topological polar surface area (TPSA) is 81.7 Å². The van der Waals surface area contributed by atoms with Crippen LogP contribution in [0.1, 0.15) is 41.6 Å². The molecule has 1 N–H and O–H groups in total. The van der Waals surface area contributed by atoms with Gasteiger partial charge < -0.3 is 10.1 Å². The van der Waals surface area contributed by atoms with E-state index < -0.39 is 10.1 Å². The summed E-state index contributed by atoms with van der Waals surface area (Å²) in [6, 6.07) is 17.2. The maximum atomic E-state index is 12.8. The van der Waals surface area contributed by atoms with Crippen LogP contribution in [0.5, 0.6) is 5.75 Å². The summed E-state index contributed by atoms with van der Waals surface area (Å²) in [6.45, 7) is 0.458. The fraction of sp³-hybridized carbons (Fsp3) is 0.409. The van der Waals surface area contributed by atoms with Crippen molar-refractivity contribution >= 4 is 16.0 Å². The Morgan fingerprint density at radius 2 is 1.69 bits per heavy atom. The molecule has 0 atom stereocenters. The monoisotopic (exact) mass is 417 g/mol. The molecule has 0 unspecified atom stereocenters. The first-order valence-electron chi connectivity index (χ1n) is 9.68. The second-order valence-electron chi connectivity index (χ2n) is 7.53. The maximum Gasteiger partial charge on any atom is 0.264 e. The highest BCUT2D eigenvalue weighted by atomic mass is 32.2. The van der Waals surface area contributed by atoms with Crippen molar-refractivity contribution in [2.24, 2.45) is 0 Å². The number of nitrogens with one attached hydrogen (secondary N) is 1. The minimum Gasteiger partial charge on any atom is -0.496 e. The van der Waals surface area contributed by atoms with Crippen LogP contribution in [0, 0.1) is 0 Å². The number of rotatable bonds is 7. The maximum absolute atomic E-state index is 12.8. The highest BCUT2D eigenvalue weighted by Crippen LogP contribution is 2.40. The molecule has 6 nitrogen and oxygen atoms in total. The first-order chi connectivity index (χ1) is 13.8. The fourth-order valence-electron chi connectivity index (χ4n) is 4.02. The Balaban J connectivity index is 1.76. The average molecular weight is 418 g/mol. The zero-order chi connectivity index (χ0) is 20.9. The normalized spacial score (nSPS) is 22.1. The van der Waals surface area contributed by atoms with Gasteiger partial charge in [0, 0.05) is 12.0 Å². The molecule has 3 rings (SSSR count). The highest BCUT2D eigenvalue weighted by Gasteiger charge is 2.38. The second-order valence-corrected chi connectivity index (χ2v) is 9.13. The molecule has 2 aromatic rings. The van der Waals surface area contributed by atoms with Crippen LogP contribution in [-0.4, -0.2) is 40.3 Å². The van der Waals surface area contributed by atoms with Crippen molar-refractivity contribution in [1.29, 1.82) is 0 Å². The minimum absolute atomic E-state index is 0.188. The molecular formula is C22H27NO5S. The zero-order valence-electron chi connectivity index (χ0n) is 16.8. The van der Waals surface area contributed by atoms with Crippen molar-refractivity contribution in [1.82, 2.24) is 5.32 Å². The molecule has 29 heavy (non-hydrogen) atoms. The Morgan fingerprint density at radius 1 is 1.07 bits per heavy atom. The van der Waals surface area contributed by atoms with E-state index in [1.54, 1.807) is 25.3 Å². The number of hydrogen-bond acceptors (Lipinski definition) is 5. The third kappa shape index (κ3) is 5.36. The van der Waals surface area contributed by atoms with Gasteiger partial charge >= 0.3 is 0 Å². The summed E-state index contributed by atoms with van der Waals surface area (Å²) in [6.07, 6.45) is 3.46. The van der Waals surface area contributed by atoms with Gasteiger partial charge in [-0.1, -0.05) is 42.5 Å². The summed E-state index contributed by atoms with van der Waals surface area (Å²) in [7, 11) is -1.94. The zero-order valence-corrected chi connectivity index (χ0v) is 17.6. The number of amides is 1. The van der Waals surface area contributed by atoms with Gasteiger partial charge in [-0.2, -0.15) is 8.42 Å². The number of carbonyl (C=O) groups excluding carboxylic acids is 1. The lowest BCUT2D eigenvalue weighted by atomic mass is 9.68. The van der Waals surface area contributed by atoms with E-state index in [-0.39, 0.29) is 17.4 Å². The fourth-order valence-corrected chi connectivity index (χ4v) is 4.71. The molecule has 1 amide bonds. The molecule has 0 aliphatic heterocycles. The number of para-hydroxylation sites is 1. The molecule has 156 valence electrons. The van der Waals surface area contributed by atoms with E-state index in [1.807, 2.05) is 24.3 Å². The summed E-state index contributed by atoms with van der Waals surface area (Å²) in [5, 5.41) is 3.07. The van der Waals surface area contributed by atoms with Crippen LogP contribution in [-0.2, 0) is 19.7 Å². The molecule has 0 radical (unpaired) electrons. The molecule has 0 saturated heterocycles. The second kappa shape index (κ2) is 8.97. The predicted octanol–water partition coefficient (Wildman–Crippen LogP) is 3.28. The molecule has 1 fully saturated rings. The molecule has 1 aliphatic carbocycles. The van der Waals surface area contributed by atoms with Crippen molar-refractivity contribution in [3.8, 4) is 5.75 Å². The molecule has 0 heterocycles. The SMILES string of the molecule is COc1ccccc1C(=O)NCC1(c2ccccc2)CCC(OS(C)(=O)=O)CC1. The van der Waals surface area contributed by atoms with Crippen LogP contribution in [0.4, 0.5) is 0 Å². The number of methoxy groups -OCH3 is 1. The minimum atomic E-state index is -3.48. The lowest BCUT2D eigenvalue weighted by Gasteiger charge is -2.40. The van der Waals surface area contributed by atoms with E-state index in [4.69, 9.17) is 8.92 Å². The van der Waals surface area contributed by atoms with Gasteiger partial charge in [-0.25, -0.2) is 0 Å². The Morgan fingerprint density at radius 3 is 2.31 bits per heavy atom. The van der Waals surface area contributed by atoms with E-state index in [0.29, 0.717) is 30.7 Å². The first-order valence-corrected chi connectivity index (χ1v) is 11.5. The van der Waals surface area contributed by atoms with Crippen molar-refractivity contribution in [2.75, 3.05) is 19.9 Å². The number of ether oxygens (including phenoxy) is 1. The van der Waals surface area contributed by atoms with Crippen LogP contribution >= 0.6 is 0 Å². The van der Waals surface area contributed by atoms with Crippen LogP contribution in [0.15, 0.2) is 54.6 Å². The third-order valence-corrected chi connectivity index (χ3v) is 6.15. The Kier molecular flexibility index (Phi) is 6.59.